The minimum Gasteiger partial charge on any atom is -0.494 e. The smallest absolute Gasteiger partial charge is 0.253 e. The number of hydrogen-bond acceptors (Lipinski definition) is 8. The highest BCUT2D eigenvalue weighted by atomic mass is 16.5. The van der Waals surface area contributed by atoms with Gasteiger partial charge in [-0.25, -0.2) is 9.97 Å². The molecule has 0 saturated carbocycles. The summed E-state index contributed by atoms with van der Waals surface area (Å²) < 4.78 is 7.78. The second-order valence-electron chi connectivity index (χ2n) is 9.57. The monoisotopic (exact) mass is 529 g/mol. The molecule has 10 heteroatoms. The third kappa shape index (κ3) is 6.19. The fourth-order valence-corrected chi connectivity index (χ4v) is 4.24. The van der Waals surface area contributed by atoms with E-state index >= 15 is 0 Å². The Morgan fingerprint density at radius 3 is 2.62 bits per heavy atom. The molecule has 0 saturated heterocycles. The van der Waals surface area contributed by atoms with Crippen LogP contribution in [0.1, 0.15) is 0 Å². The number of hydrogen-bond donors (Lipinski definition) is 3. The van der Waals surface area contributed by atoms with E-state index in [1.807, 2.05) is 57.4 Å². The Morgan fingerprint density at radius 2 is 1.90 bits per heavy atom. The maximum atomic E-state index is 12.6. The summed E-state index contributed by atoms with van der Waals surface area (Å²) in [5.74, 6) is 0.467. The molecule has 0 radical (unpaired) electrons. The summed E-state index contributed by atoms with van der Waals surface area (Å²) in [6, 6.07) is 13.7. The molecule has 2 aromatic carbocycles. The van der Waals surface area contributed by atoms with E-state index < -0.39 is 12.5 Å². The highest BCUT2D eigenvalue weighted by molar-refractivity contribution is 6.06. The first-order valence-corrected chi connectivity index (χ1v) is 12.5. The Balaban J connectivity index is 1.72. The summed E-state index contributed by atoms with van der Waals surface area (Å²) in [6.07, 6.45) is 3.76. The Hall–Kier alpha value is -4.41. The molecule has 3 N–H and O–H groups in total. The average molecular weight is 530 g/mol. The van der Waals surface area contributed by atoms with Gasteiger partial charge in [-0.3, -0.25) is 4.79 Å². The van der Waals surface area contributed by atoms with E-state index in [9.17, 15) is 9.90 Å². The van der Waals surface area contributed by atoms with Crippen molar-refractivity contribution in [3.05, 3.63) is 67.0 Å². The predicted molar refractivity (Wildman–Crippen MR) is 157 cm³/mol. The van der Waals surface area contributed by atoms with Crippen molar-refractivity contribution in [2.45, 2.75) is 0 Å². The number of rotatable bonds is 11. The van der Waals surface area contributed by atoms with Gasteiger partial charge in [0.05, 0.1) is 36.5 Å². The summed E-state index contributed by atoms with van der Waals surface area (Å²) in [5, 5.41) is 16.6. The van der Waals surface area contributed by atoms with Crippen molar-refractivity contribution in [1.82, 2.24) is 19.4 Å². The number of nitrogens with one attached hydrogen (secondary N) is 2. The topological polar surface area (TPSA) is 108 Å². The van der Waals surface area contributed by atoms with E-state index in [0.717, 1.165) is 34.4 Å². The van der Waals surface area contributed by atoms with E-state index in [4.69, 9.17) is 9.72 Å². The average Bonchev–Trinajstić information content (AvgIpc) is 3.28. The summed E-state index contributed by atoms with van der Waals surface area (Å²) in [5.41, 5.74) is 4.81. The molecule has 0 aliphatic carbocycles. The zero-order valence-electron chi connectivity index (χ0n) is 23.0. The van der Waals surface area contributed by atoms with Crippen LogP contribution in [0.15, 0.2) is 67.0 Å². The molecule has 0 bridgehead atoms. The number of para-hydroxylation sites is 1. The maximum absolute atomic E-state index is 12.6. The molecule has 0 fully saturated rings. The Kier molecular flexibility index (Phi) is 8.48. The SMILES string of the molecule is C=C(CO)C(=O)Nc1cc(Nc2nccc(-c3cn(C)c4ccccc34)n2)c(OC)cc1N(C)CCN(C)C. The van der Waals surface area contributed by atoms with Gasteiger partial charge in [-0.1, -0.05) is 24.8 Å². The number of amides is 1. The summed E-state index contributed by atoms with van der Waals surface area (Å²) in [7, 11) is 9.54. The fourth-order valence-electron chi connectivity index (χ4n) is 4.24. The van der Waals surface area contributed by atoms with E-state index in [0.29, 0.717) is 29.6 Å². The van der Waals surface area contributed by atoms with Crippen LogP contribution in [-0.2, 0) is 11.8 Å². The quantitative estimate of drug-likeness (QED) is 0.251. The predicted octanol–water partition coefficient (Wildman–Crippen LogP) is 3.87. The Bertz CT molecular complexity index is 1500. The third-order valence-corrected chi connectivity index (χ3v) is 6.45. The normalized spacial score (nSPS) is 11.1. The van der Waals surface area contributed by atoms with E-state index in [1.54, 1.807) is 19.4 Å². The molecule has 2 aromatic heterocycles. The Morgan fingerprint density at radius 1 is 1.13 bits per heavy atom. The van der Waals surface area contributed by atoms with Crippen LogP contribution in [0, 0.1) is 0 Å². The van der Waals surface area contributed by atoms with Gasteiger partial charge in [-0.2, -0.15) is 0 Å². The lowest BCUT2D eigenvalue weighted by atomic mass is 10.1. The zero-order valence-corrected chi connectivity index (χ0v) is 23.0. The van der Waals surface area contributed by atoms with Gasteiger partial charge in [-0.05, 0) is 32.3 Å². The lowest BCUT2D eigenvalue weighted by Gasteiger charge is -2.26. The van der Waals surface area contributed by atoms with Crippen molar-refractivity contribution in [3.8, 4) is 17.0 Å². The lowest BCUT2D eigenvalue weighted by Crippen LogP contribution is -2.29. The number of nitrogens with zero attached hydrogens (tertiary/aromatic N) is 5. The van der Waals surface area contributed by atoms with Gasteiger partial charge in [0.1, 0.15) is 5.75 Å². The van der Waals surface area contributed by atoms with Crippen LogP contribution in [0.25, 0.3) is 22.2 Å². The van der Waals surface area contributed by atoms with Crippen LogP contribution in [0.5, 0.6) is 5.75 Å². The summed E-state index contributed by atoms with van der Waals surface area (Å²) in [6.45, 7) is 4.73. The molecule has 0 aliphatic rings. The standard InChI is InChI=1S/C29H35N7O3/c1-19(18-37)28(38)31-23-15-24(27(39-6)16-26(23)35(4)14-13-34(2)3)33-29-30-12-11-22(32-29)21-17-36(5)25-10-8-7-9-20(21)25/h7-12,15-17,37H,1,13-14,18H2,2-6H3,(H,31,38)(H,30,32,33). The number of methoxy groups -OCH3 is 1. The number of aliphatic hydroxyl groups excluding tert-OH is 1. The van der Waals surface area contributed by atoms with Crippen molar-refractivity contribution < 1.29 is 14.6 Å². The number of carbonyl (C=O) groups is 1. The summed E-state index contributed by atoms with van der Waals surface area (Å²) in [4.78, 5) is 26.0. The van der Waals surface area contributed by atoms with Gasteiger partial charge in [0.25, 0.3) is 5.91 Å². The highest BCUT2D eigenvalue weighted by Gasteiger charge is 2.18. The molecule has 4 rings (SSSR count). The van der Waals surface area contributed by atoms with E-state index in [1.165, 1.54) is 0 Å². The van der Waals surface area contributed by atoms with Crippen LogP contribution in [-0.4, -0.2) is 78.4 Å². The van der Waals surface area contributed by atoms with Crippen molar-refractivity contribution in [2.75, 3.05) is 63.5 Å². The van der Waals surface area contributed by atoms with Gasteiger partial charge in [0.15, 0.2) is 0 Å². The van der Waals surface area contributed by atoms with Crippen molar-refractivity contribution in [2.24, 2.45) is 7.05 Å². The van der Waals surface area contributed by atoms with Gasteiger partial charge >= 0.3 is 0 Å². The first-order valence-electron chi connectivity index (χ1n) is 12.5. The van der Waals surface area contributed by atoms with Crippen molar-refractivity contribution in [3.63, 3.8) is 0 Å². The van der Waals surface area contributed by atoms with Gasteiger partial charge in [0.2, 0.25) is 5.95 Å². The number of ether oxygens (including phenoxy) is 1. The molecular formula is C29H35N7O3. The summed E-state index contributed by atoms with van der Waals surface area (Å²) >= 11 is 0. The zero-order chi connectivity index (χ0) is 28.1. The largest absolute Gasteiger partial charge is 0.494 e. The second kappa shape index (κ2) is 12.0. The first-order chi connectivity index (χ1) is 18.7. The van der Waals surface area contributed by atoms with Crippen LogP contribution >= 0.6 is 0 Å². The molecule has 204 valence electrons. The lowest BCUT2D eigenvalue weighted by molar-refractivity contribution is -0.113. The van der Waals surface area contributed by atoms with Crippen molar-refractivity contribution in [1.29, 1.82) is 0 Å². The van der Waals surface area contributed by atoms with Crippen molar-refractivity contribution >= 4 is 39.8 Å². The number of anilines is 4. The van der Waals surface area contributed by atoms with Gasteiger partial charge < -0.3 is 34.8 Å². The molecule has 0 spiro atoms. The molecule has 0 unspecified atom stereocenters. The first kappa shape index (κ1) is 27.6. The molecule has 39 heavy (non-hydrogen) atoms. The number of likely N-dealkylation sites (N-methyl/N-ethyl adjacent to an activating group) is 2. The minimum atomic E-state index is -0.468. The number of carbonyl (C=O) groups excluding carboxylic acids is 1. The number of aryl methyl sites for hydroxylation is 1. The van der Waals surface area contributed by atoms with Gasteiger partial charge in [0, 0.05) is 67.7 Å². The van der Waals surface area contributed by atoms with Gasteiger partial charge in [-0.15, -0.1) is 0 Å². The second-order valence-corrected chi connectivity index (χ2v) is 9.57. The van der Waals surface area contributed by atoms with Crippen LogP contribution in [0.4, 0.5) is 23.0 Å². The van der Waals surface area contributed by atoms with Crippen LogP contribution in [0.3, 0.4) is 0 Å². The fraction of sp³-hybridized carbons (Fsp3) is 0.276. The Labute approximate surface area is 228 Å². The molecule has 10 nitrogen and oxygen atoms in total. The molecular weight excluding hydrogens is 494 g/mol. The van der Waals surface area contributed by atoms with Crippen LogP contribution in [0.2, 0.25) is 0 Å². The number of aliphatic hydroxyl groups is 1. The van der Waals surface area contributed by atoms with E-state index in [2.05, 4.69) is 50.0 Å². The minimum absolute atomic E-state index is 0.0633. The molecule has 0 aliphatic heterocycles. The number of benzene rings is 2. The van der Waals surface area contributed by atoms with Crippen LogP contribution < -0.4 is 20.3 Å². The molecule has 1 amide bonds. The third-order valence-electron chi connectivity index (χ3n) is 6.45. The number of fused-ring (bicyclic) bond motifs is 1. The highest BCUT2D eigenvalue weighted by Crippen LogP contribution is 2.38. The number of aromatic nitrogens is 3. The molecule has 2 heterocycles. The maximum Gasteiger partial charge on any atom is 0.253 e. The molecule has 0 atom stereocenters. The molecule has 4 aromatic rings. The van der Waals surface area contributed by atoms with E-state index in [-0.39, 0.29) is 5.57 Å².